The van der Waals surface area contributed by atoms with Crippen LogP contribution in [0.1, 0.15) is 22.8 Å². The summed E-state index contributed by atoms with van der Waals surface area (Å²) in [5.41, 5.74) is 4.89. The Labute approximate surface area is 148 Å². The maximum absolute atomic E-state index is 11.9. The highest BCUT2D eigenvalue weighted by molar-refractivity contribution is 5.90. The molecule has 0 amide bonds. The minimum absolute atomic E-state index is 0.295. The minimum Gasteiger partial charge on any atom is -0.462 e. The Hall–Kier alpha value is -3.07. The van der Waals surface area contributed by atoms with Crippen LogP contribution in [-0.2, 0) is 4.74 Å². The van der Waals surface area contributed by atoms with Gasteiger partial charge in [-0.25, -0.2) is 4.79 Å². The van der Waals surface area contributed by atoms with E-state index in [-0.39, 0.29) is 5.97 Å². The molecule has 3 aromatic rings. The van der Waals surface area contributed by atoms with E-state index >= 15 is 0 Å². The highest BCUT2D eigenvalue weighted by Gasteiger charge is 2.13. The summed E-state index contributed by atoms with van der Waals surface area (Å²) in [6.45, 7) is 4.26. The molecule has 0 radical (unpaired) electrons. The molecule has 0 saturated carbocycles. The number of carbonyl (C=O) groups excluding carboxylic acids is 1. The molecule has 0 heterocycles. The minimum atomic E-state index is -0.295. The van der Waals surface area contributed by atoms with Gasteiger partial charge in [0.2, 0.25) is 0 Å². The van der Waals surface area contributed by atoms with Crippen LogP contribution in [-0.4, -0.2) is 12.6 Å². The van der Waals surface area contributed by atoms with Crippen molar-refractivity contribution in [1.82, 2.24) is 0 Å². The van der Waals surface area contributed by atoms with Crippen molar-refractivity contribution in [2.45, 2.75) is 13.8 Å². The zero-order valence-electron chi connectivity index (χ0n) is 14.5. The smallest absolute Gasteiger partial charge is 0.338 e. The van der Waals surface area contributed by atoms with Crippen molar-refractivity contribution >= 4 is 23.0 Å². The van der Waals surface area contributed by atoms with E-state index in [4.69, 9.17) is 4.74 Å². The Kier molecular flexibility index (Phi) is 5.14. The number of nitrogens with zero attached hydrogens (tertiary/aromatic N) is 1. The van der Waals surface area contributed by atoms with Crippen LogP contribution in [0.15, 0.2) is 78.9 Å². The molecule has 3 rings (SSSR count). The van der Waals surface area contributed by atoms with E-state index in [0.717, 1.165) is 17.1 Å². The maximum atomic E-state index is 11.9. The lowest BCUT2D eigenvalue weighted by molar-refractivity contribution is 0.0526. The maximum Gasteiger partial charge on any atom is 0.338 e. The first-order valence-electron chi connectivity index (χ1n) is 8.38. The first kappa shape index (κ1) is 16.8. The predicted molar refractivity (Wildman–Crippen MR) is 102 cm³/mol. The fraction of sp³-hybridized carbons (Fsp3) is 0.136. The number of aryl methyl sites for hydroxylation is 1. The monoisotopic (exact) mass is 331 g/mol. The van der Waals surface area contributed by atoms with E-state index in [9.17, 15) is 4.79 Å². The molecule has 0 aliphatic heterocycles. The van der Waals surface area contributed by atoms with Crippen LogP contribution in [0.2, 0.25) is 0 Å². The summed E-state index contributed by atoms with van der Waals surface area (Å²) in [6, 6.07) is 26.0. The number of hydrogen-bond donors (Lipinski definition) is 0. The average molecular weight is 331 g/mol. The van der Waals surface area contributed by atoms with Crippen molar-refractivity contribution < 1.29 is 9.53 Å². The van der Waals surface area contributed by atoms with Gasteiger partial charge in [-0.2, -0.15) is 0 Å². The van der Waals surface area contributed by atoms with Crippen LogP contribution < -0.4 is 4.90 Å². The second-order valence-corrected chi connectivity index (χ2v) is 5.78. The quantitative estimate of drug-likeness (QED) is 0.566. The van der Waals surface area contributed by atoms with Gasteiger partial charge in [-0.1, -0.05) is 30.3 Å². The summed E-state index contributed by atoms with van der Waals surface area (Å²) >= 11 is 0. The van der Waals surface area contributed by atoms with Gasteiger partial charge < -0.3 is 9.64 Å². The summed E-state index contributed by atoms with van der Waals surface area (Å²) in [5.74, 6) is -0.295. The van der Waals surface area contributed by atoms with Crippen molar-refractivity contribution in [3.05, 3.63) is 90.0 Å². The number of ether oxygens (including phenoxy) is 1. The van der Waals surface area contributed by atoms with E-state index < -0.39 is 0 Å². The number of anilines is 3. The van der Waals surface area contributed by atoms with E-state index in [1.54, 1.807) is 19.1 Å². The lowest BCUT2D eigenvalue weighted by atomic mass is 10.1. The molecule has 0 aliphatic carbocycles. The molecule has 3 aromatic carbocycles. The first-order valence-corrected chi connectivity index (χ1v) is 8.38. The molecule has 126 valence electrons. The predicted octanol–water partition coefficient (Wildman–Crippen LogP) is 5.64. The standard InChI is InChI=1S/C22H21NO2/c1-3-25-22(24)18-12-14-20(15-13-18)23(19-9-5-4-6-10-19)21-11-7-8-17(2)16-21/h4-16H,3H2,1-2H3. The highest BCUT2D eigenvalue weighted by Crippen LogP contribution is 2.34. The summed E-state index contributed by atoms with van der Waals surface area (Å²) in [7, 11) is 0. The average Bonchev–Trinajstić information content (AvgIpc) is 2.64. The van der Waals surface area contributed by atoms with Crippen molar-refractivity contribution in [2.75, 3.05) is 11.5 Å². The summed E-state index contributed by atoms with van der Waals surface area (Å²) in [5, 5.41) is 0. The van der Waals surface area contributed by atoms with Gasteiger partial charge in [0.15, 0.2) is 0 Å². The molecule has 3 heteroatoms. The fourth-order valence-corrected chi connectivity index (χ4v) is 2.75. The SMILES string of the molecule is CCOC(=O)c1ccc(N(c2ccccc2)c2cccc(C)c2)cc1. The second kappa shape index (κ2) is 7.67. The third kappa shape index (κ3) is 3.89. The molecule has 0 bridgehead atoms. The van der Waals surface area contributed by atoms with E-state index in [0.29, 0.717) is 12.2 Å². The van der Waals surface area contributed by atoms with Crippen LogP contribution >= 0.6 is 0 Å². The third-order valence-electron chi connectivity index (χ3n) is 3.91. The van der Waals surface area contributed by atoms with Gasteiger partial charge in [0.25, 0.3) is 0 Å². The van der Waals surface area contributed by atoms with Gasteiger partial charge in [0.1, 0.15) is 0 Å². The van der Waals surface area contributed by atoms with Gasteiger partial charge in [-0.3, -0.25) is 0 Å². The van der Waals surface area contributed by atoms with E-state index in [2.05, 4.69) is 42.2 Å². The van der Waals surface area contributed by atoms with Crippen molar-refractivity contribution in [3.8, 4) is 0 Å². The molecule has 0 spiro atoms. The van der Waals surface area contributed by atoms with Gasteiger partial charge >= 0.3 is 5.97 Å². The van der Waals surface area contributed by atoms with Crippen LogP contribution in [0.4, 0.5) is 17.1 Å². The number of hydrogen-bond acceptors (Lipinski definition) is 3. The number of rotatable bonds is 5. The molecule has 0 unspecified atom stereocenters. The molecule has 25 heavy (non-hydrogen) atoms. The molecule has 0 aliphatic rings. The fourth-order valence-electron chi connectivity index (χ4n) is 2.75. The Morgan fingerprint density at radius 3 is 2.12 bits per heavy atom. The summed E-state index contributed by atoms with van der Waals surface area (Å²) in [4.78, 5) is 14.0. The van der Waals surface area contributed by atoms with Gasteiger partial charge in [0.05, 0.1) is 12.2 Å². The zero-order valence-corrected chi connectivity index (χ0v) is 14.5. The van der Waals surface area contributed by atoms with Crippen LogP contribution in [0.3, 0.4) is 0 Å². The van der Waals surface area contributed by atoms with E-state index in [1.807, 2.05) is 36.4 Å². The topological polar surface area (TPSA) is 29.5 Å². The summed E-state index contributed by atoms with van der Waals surface area (Å²) in [6.07, 6.45) is 0. The molecule has 0 fully saturated rings. The first-order chi connectivity index (χ1) is 12.2. The zero-order chi connectivity index (χ0) is 17.6. The largest absolute Gasteiger partial charge is 0.462 e. The third-order valence-corrected chi connectivity index (χ3v) is 3.91. The van der Waals surface area contributed by atoms with Crippen molar-refractivity contribution in [1.29, 1.82) is 0 Å². The lowest BCUT2D eigenvalue weighted by Gasteiger charge is -2.25. The van der Waals surface area contributed by atoms with Gasteiger partial charge in [0, 0.05) is 17.1 Å². The molecule has 3 nitrogen and oxygen atoms in total. The molecule has 0 aromatic heterocycles. The Balaban J connectivity index is 2.02. The van der Waals surface area contributed by atoms with Crippen molar-refractivity contribution in [3.63, 3.8) is 0 Å². The highest BCUT2D eigenvalue weighted by atomic mass is 16.5. The Bertz CT molecular complexity index is 841. The number of para-hydroxylation sites is 1. The Morgan fingerprint density at radius 1 is 0.840 bits per heavy atom. The van der Waals surface area contributed by atoms with Crippen LogP contribution in [0.25, 0.3) is 0 Å². The van der Waals surface area contributed by atoms with E-state index in [1.165, 1.54) is 5.56 Å². The van der Waals surface area contributed by atoms with Gasteiger partial charge in [-0.05, 0) is 67.9 Å². The number of benzene rings is 3. The van der Waals surface area contributed by atoms with Crippen LogP contribution in [0.5, 0.6) is 0 Å². The number of esters is 1. The normalized spacial score (nSPS) is 10.3. The Morgan fingerprint density at radius 2 is 1.48 bits per heavy atom. The molecule has 0 saturated heterocycles. The summed E-state index contributed by atoms with van der Waals surface area (Å²) < 4.78 is 5.06. The molecule has 0 N–H and O–H groups in total. The molecule has 0 atom stereocenters. The molecular formula is C22H21NO2. The lowest BCUT2D eigenvalue weighted by Crippen LogP contribution is -2.11. The van der Waals surface area contributed by atoms with Gasteiger partial charge in [-0.15, -0.1) is 0 Å². The van der Waals surface area contributed by atoms with Crippen LogP contribution in [0, 0.1) is 6.92 Å². The molecular weight excluding hydrogens is 310 g/mol. The second-order valence-electron chi connectivity index (χ2n) is 5.78. The van der Waals surface area contributed by atoms with Crippen molar-refractivity contribution in [2.24, 2.45) is 0 Å². The number of carbonyl (C=O) groups is 1.